The fourth-order valence-corrected chi connectivity index (χ4v) is 2.00. The van der Waals surface area contributed by atoms with Gasteiger partial charge in [-0.05, 0) is 26.3 Å². The molecule has 1 saturated carbocycles. The Bertz CT molecular complexity index is 170. The van der Waals surface area contributed by atoms with Crippen molar-refractivity contribution in [3.8, 4) is 0 Å². The van der Waals surface area contributed by atoms with Crippen LogP contribution in [0.1, 0.15) is 33.1 Å². The van der Waals surface area contributed by atoms with Gasteiger partial charge in [0.2, 0.25) is 0 Å². The Kier molecular flexibility index (Phi) is 4.22. The number of rotatable bonds is 4. The maximum atomic E-state index is 11.5. The van der Waals surface area contributed by atoms with Gasteiger partial charge in [0.05, 0.1) is 12.5 Å². The van der Waals surface area contributed by atoms with E-state index in [1.54, 1.807) is 0 Å². The number of carbonyl (C=O) groups is 1. The van der Waals surface area contributed by atoms with Gasteiger partial charge < -0.3 is 10.1 Å². The molecule has 0 radical (unpaired) electrons. The highest BCUT2D eigenvalue weighted by Gasteiger charge is 2.33. The predicted molar refractivity (Wildman–Crippen MR) is 51.4 cm³/mol. The number of carbonyl (C=O) groups excluding carboxylic acids is 1. The molecule has 1 fully saturated rings. The van der Waals surface area contributed by atoms with E-state index in [4.69, 9.17) is 4.74 Å². The second-order valence-electron chi connectivity index (χ2n) is 3.45. The topological polar surface area (TPSA) is 38.3 Å². The fourth-order valence-electron chi connectivity index (χ4n) is 2.00. The van der Waals surface area contributed by atoms with Crippen molar-refractivity contribution in [3.05, 3.63) is 0 Å². The molecule has 0 heterocycles. The summed E-state index contributed by atoms with van der Waals surface area (Å²) in [5, 5.41) is 3.33. The van der Waals surface area contributed by atoms with Gasteiger partial charge in [0.1, 0.15) is 0 Å². The summed E-state index contributed by atoms with van der Waals surface area (Å²) in [5.41, 5.74) is 0. The number of hydrogen-bond acceptors (Lipinski definition) is 3. The van der Waals surface area contributed by atoms with E-state index in [2.05, 4.69) is 12.2 Å². The van der Waals surface area contributed by atoms with Crippen LogP contribution in [0.4, 0.5) is 0 Å². The SMILES string of the molecule is CCN[C@@H]1CCC[C@@H]1C(=O)OCC. The second-order valence-corrected chi connectivity index (χ2v) is 3.45. The lowest BCUT2D eigenvalue weighted by molar-refractivity contribution is -0.148. The molecule has 0 aliphatic heterocycles. The average molecular weight is 185 g/mol. The highest BCUT2D eigenvalue weighted by Crippen LogP contribution is 2.26. The largest absolute Gasteiger partial charge is 0.466 e. The summed E-state index contributed by atoms with van der Waals surface area (Å²) in [6, 6.07) is 0.351. The molecule has 1 rings (SSSR count). The van der Waals surface area contributed by atoms with E-state index >= 15 is 0 Å². The average Bonchev–Trinajstić information content (AvgIpc) is 2.54. The Hall–Kier alpha value is -0.570. The van der Waals surface area contributed by atoms with E-state index in [9.17, 15) is 4.79 Å². The Labute approximate surface area is 79.8 Å². The molecule has 0 saturated heterocycles. The van der Waals surface area contributed by atoms with Crippen molar-refractivity contribution in [2.45, 2.75) is 39.2 Å². The number of nitrogens with one attached hydrogen (secondary N) is 1. The molecule has 0 aromatic heterocycles. The second kappa shape index (κ2) is 5.22. The Morgan fingerprint density at radius 3 is 2.85 bits per heavy atom. The van der Waals surface area contributed by atoms with Crippen LogP contribution in [0, 0.1) is 5.92 Å². The van der Waals surface area contributed by atoms with Crippen LogP contribution in [0.3, 0.4) is 0 Å². The van der Waals surface area contributed by atoms with Gasteiger partial charge in [-0.15, -0.1) is 0 Å². The third-order valence-electron chi connectivity index (χ3n) is 2.57. The van der Waals surface area contributed by atoms with Crippen molar-refractivity contribution in [2.24, 2.45) is 5.92 Å². The predicted octanol–water partition coefficient (Wildman–Crippen LogP) is 1.33. The fraction of sp³-hybridized carbons (Fsp3) is 0.900. The maximum absolute atomic E-state index is 11.5. The van der Waals surface area contributed by atoms with Crippen molar-refractivity contribution in [3.63, 3.8) is 0 Å². The standard InChI is InChI=1S/C10H19NO2/c1-3-11-9-7-5-6-8(9)10(12)13-4-2/h8-9,11H,3-7H2,1-2H3/t8-,9+/m0/s1. The molecule has 76 valence electrons. The highest BCUT2D eigenvalue weighted by molar-refractivity contribution is 5.73. The zero-order valence-electron chi connectivity index (χ0n) is 8.51. The zero-order chi connectivity index (χ0) is 9.68. The molecule has 0 spiro atoms. The lowest BCUT2D eigenvalue weighted by Gasteiger charge is -2.18. The Morgan fingerprint density at radius 2 is 2.23 bits per heavy atom. The third-order valence-corrected chi connectivity index (χ3v) is 2.57. The number of esters is 1. The quantitative estimate of drug-likeness (QED) is 0.671. The molecule has 2 atom stereocenters. The molecule has 0 amide bonds. The van der Waals surface area contributed by atoms with Crippen LogP contribution >= 0.6 is 0 Å². The molecule has 0 unspecified atom stereocenters. The van der Waals surface area contributed by atoms with Crippen LogP contribution in [0.25, 0.3) is 0 Å². The Morgan fingerprint density at radius 1 is 1.46 bits per heavy atom. The molecule has 1 aliphatic carbocycles. The summed E-state index contributed by atoms with van der Waals surface area (Å²) in [7, 11) is 0. The first-order valence-electron chi connectivity index (χ1n) is 5.19. The molecular formula is C10H19NO2. The van der Waals surface area contributed by atoms with Crippen LogP contribution in [-0.4, -0.2) is 25.2 Å². The Balaban J connectivity index is 2.42. The highest BCUT2D eigenvalue weighted by atomic mass is 16.5. The van der Waals surface area contributed by atoms with Gasteiger partial charge in [0.25, 0.3) is 0 Å². The number of hydrogen-bond donors (Lipinski definition) is 1. The van der Waals surface area contributed by atoms with Gasteiger partial charge >= 0.3 is 5.97 Å². The van der Waals surface area contributed by atoms with Crippen molar-refractivity contribution >= 4 is 5.97 Å². The first-order valence-corrected chi connectivity index (χ1v) is 5.19. The minimum absolute atomic E-state index is 0.0223. The van der Waals surface area contributed by atoms with Crippen molar-refractivity contribution in [1.82, 2.24) is 5.32 Å². The van der Waals surface area contributed by atoms with Crippen molar-refractivity contribution < 1.29 is 9.53 Å². The summed E-state index contributed by atoms with van der Waals surface area (Å²) in [6.07, 6.45) is 3.23. The summed E-state index contributed by atoms with van der Waals surface area (Å²) < 4.78 is 5.02. The van der Waals surface area contributed by atoms with Gasteiger partial charge in [0.15, 0.2) is 0 Å². The van der Waals surface area contributed by atoms with Crippen molar-refractivity contribution in [2.75, 3.05) is 13.2 Å². The molecule has 0 aromatic rings. The molecule has 1 aliphatic rings. The van der Waals surface area contributed by atoms with Crippen LogP contribution in [0.5, 0.6) is 0 Å². The molecule has 3 nitrogen and oxygen atoms in total. The van der Waals surface area contributed by atoms with E-state index < -0.39 is 0 Å². The smallest absolute Gasteiger partial charge is 0.310 e. The maximum Gasteiger partial charge on any atom is 0.310 e. The first kappa shape index (κ1) is 10.5. The van der Waals surface area contributed by atoms with Crippen LogP contribution in [0.2, 0.25) is 0 Å². The molecule has 0 bridgehead atoms. The zero-order valence-corrected chi connectivity index (χ0v) is 8.51. The molecule has 1 N–H and O–H groups in total. The van der Waals surface area contributed by atoms with E-state index in [-0.39, 0.29) is 11.9 Å². The third kappa shape index (κ3) is 2.69. The van der Waals surface area contributed by atoms with Gasteiger partial charge in [-0.25, -0.2) is 0 Å². The van der Waals surface area contributed by atoms with Crippen LogP contribution < -0.4 is 5.32 Å². The van der Waals surface area contributed by atoms with E-state index in [1.165, 1.54) is 0 Å². The van der Waals surface area contributed by atoms with Gasteiger partial charge in [0, 0.05) is 6.04 Å². The van der Waals surface area contributed by atoms with Gasteiger partial charge in [-0.3, -0.25) is 4.79 Å². The molecule has 3 heteroatoms. The van der Waals surface area contributed by atoms with E-state index in [0.717, 1.165) is 25.8 Å². The lowest BCUT2D eigenvalue weighted by atomic mass is 10.0. The molecular weight excluding hydrogens is 166 g/mol. The van der Waals surface area contributed by atoms with Gasteiger partial charge in [-0.2, -0.15) is 0 Å². The number of ether oxygens (including phenoxy) is 1. The van der Waals surface area contributed by atoms with Crippen LogP contribution in [0.15, 0.2) is 0 Å². The minimum Gasteiger partial charge on any atom is -0.466 e. The van der Waals surface area contributed by atoms with Crippen LogP contribution in [-0.2, 0) is 9.53 Å². The molecule has 13 heavy (non-hydrogen) atoms. The minimum atomic E-state index is -0.0223. The summed E-state index contributed by atoms with van der Waals surface area (Å²) in [6.45, 7) is 5.35. The lowest BCUT2D eigenvalue weighted by Crippen LogP contribution is -2.36. The van der Waals surface area contributed by atoms with E-state index in [0.29, 0.717) is 12.6 Å². The van der Waals surface area contributed by atoms with Crippen molar-refractivity contribution in [1.29, 1.82) is 0 Å². The summed E-state index contributed by atoms with van der Waals surface area (Å²) in [4.78, 5) is 11.5. The summed E-state index contributed by atoms with van der Waals surface area (Å²) in [5.74, 6) is 0.0749. The van der Waals surface area contributed by atoms with E-state index in [1.807, 2.05) is 6.92 Å². The monoisotopic (exact) mass is 185 g/mol. The molecule has 0 aromatic carbocycles. The summed E-state index contributed by atoms with van der Waals surface area (Å²) >= 11 is 0. The first-order chi connectivity index (χ1) is 6.29. The normalized spacial score (nSPS) is 27.5. The van der Waals surface area contributed by atoms with Gasteiger partial charge in [-0.1, -0.05) is 13.3 Å².